The van der Waals surface area contributed by atoms with E-state index in [1.807, 2.05) is 0 Å². The maximum Gasteiger partial charge on any atom is 0.345 e. The van der Waals surface area contributed by atoms with Crippen LogP contribution in [0.25, 0.3) is 0 Å². The highest BCUT2D eigenvalue weighted by Gasteiger charge is 2.68. The number of nitrogens with zero attached hydrogens (tertiary/aromatic N) is 1. The number of benzene rings is 1. The lowest BCUT2D eigenvalue weighted by Crippen LogP contribution is -2.34. The standard InChI is InChI=1S/C16H11F6NO2/c17-10-2-3-11(12(18)5-10)15(8-25-15)16(21,22)13-4-1-9(6-23-13)7-24-14(19)20/h1-6,14H,7-8H2. The highest BCUT2D eigenvalue weighted by Crippen LogP contribution is 2.56. The number of halogens is 6. The van der Waals surface area contributed by atoms with Gasteiger partial charge in [0.15, 0.2) is 5.60 Å². The molecule has 0 amide bonds. The normalized spacial score (nSPS) is 20.1. The Labute approximate surface area is 138 Å². The van der Waals surface area contributed by atoms with Crippen LogP contribution >= 0.6 is 0 Å². The third kappa shape index (κ3) is 3.21. The average Bonchev–Trinajstić information content (AvgIpc) is 3.35. The van der Waals surface area contributed by atoms with Gasteiger partial charge in [0.25, 0.3) is 0 Å². The van der Waals surface area contributed by atoms with Crippen LogP contribution < -0.4 is 0 Å². The van der Waals surface area contributed by atoms with Crippen molar-refractivity contribution in [1.29, 1.82) is 0 Å². The molecular weight excluding hydrogens is 352 g/mol. The van der Waals surface area contributed by atoms with E-state index in [1.54, 1.807) is 0 Å². The third-order valence-electron chi connectivity index (χ3n) is 3.83. The molecule has 1 saturated heterocycles. The minimum atomic E-state index is -3.71. The Kier molecular flexibility index (Phi) is 4.46. The molecule has 0 radical (unpaired) electrons. The molecule has 0 aliphatic carbocycles. The van der Waals surface area contributed by atoms with Crippen molar-refractivity contribution in [2.24, 2.45) is 0 Å². The van der Waals surface area contributed by atoms with Crippen LogP contribution in [0, 0.1) is 11.6 Å². The molecule has 1 aromatic carbocycles. The summed E-state index contributed by atoms with van der Waals surface area (Å²) in [5.41, 5.74) is -3.32. The molecule has 25 heavy (non-hydrogen) atoms. The van der Waals surface area contributed by atoms with Crippen molar-refractivity contribution in [3.05, 3.63) is 65.0 Å². The fourth-order valence-corrected chi connectivity index (χ4v) is 2.46. The summed E-state index contributed by atoms with van der Waals surface area (Å²) in [6.45, 7) is -3.96. The number of rotatable bonds is 6. The summed E-state index contributed by atoms with van der Waals surface area (Å²) in [5, 5.41) is 0. The van der Waals surface area contributed by atoms with E-state index in [9.17, 15) is 26.3 Å². The first-order valence-electron chi connectivity index (χ1n) is 7.09. The molecule has 134 valence electrons. The summed E-state index contributed by atoms with van der Waals surface area (Å²) in [6.07, 6.45) is 0.961. The molecule has 0 saturated carbocycles. The van der Waals surface area contributed by atoms with Gasteiger partial charge in [-0.25, -0.2) is 8.78 Å². The summed E-state index contributed by atoms with van der Waals surface area (Å²) in [4.78, 5) is 3.56. The molecule has 2 heterocycles. The van der Waals surface area contributed by atoms with Crippen molar-refractivity contribution < 1.29 is 35.8 Å². The van der Waals surface area contributed by atoms with Crippen LogP contribution in [0.2, 0.25) is 0 Å². The predicted octanol–water partition coefficient (Wildman–Crippen LogP) is 4.12. The summed E-state index contributed by atoms with van der Waals surface area (Å²) in [5.74, 6) is -5.77. The van der Waals surface area contributed by atoms with Gasteiger partial charge in [-0.3, -0.25) is 4.98 Å². The first-order chi connectivity index (χ1) is 11.8. The summed E-state index contributed by atoms with van der Waals surface area (Å²) in [6, 6.07) is 4.32. The Balaban J connectivity index is 1.88. The second-order valence-electron chi connectivity index (χ2n) is 5.44. The van der Waals surface area contributed by atoms with Gasteiger partial charge in [-0.05, 0) is 23.8 Å². The second kappa shape index (κ2) is 6.30. The Bertz CT molecular complexity index is 762. The maximum absolute atomic E-state index is 14.8. The summed E-state index contributed by atoms with van der Waals surface area (Å²) < 4.78 is 89.4. The van der Waals surface area contributed by atoms with Crippen molar-refractivity contribution in [2.45, 2.75) is 24.7 Å². The van der Waals surface area contributed by atoms with Gasteiger partial charge in [-0.1, -0.05) is 6.07 Å². The van der Waals surface area contributed by atoms with Crippen molar-refractivity contribution in [3.63, 3.8) is 0 Å². The SMILES string of the molecule is Fc1ccc(C2(C(F)(F)c3ccc(COC(F)F)cn3)CO2)c(F)c1. The van der Waals surface area contributed by atoms with Crippen LogP contribution in [-0.4, -0.2) is 18.2 Å². The van der Waals surface area contributed by atoms with Gasteiger partial charge in [-0.15, -0.1) is 0 Å². The molecule has 0 N–H and O–H groups in total. The van der Waals surface area contributed by atoms with Crippen LogP contribution in [0.5, 0.6) is 0 Å². The Morgan fingerprint density at radius 1 is 1.20 bits per heavy atom. The van der Waals surface area contributed by atoms with Gasteiger partial charge in [0, 0.05) is 17.8 Å². The molecule has 1 aliphatic heterocycles. The second-order valence-corrected chi connectivity index (χ2v) is 5.44. The number of alkyl halides is 4. The van der Waals surface area contributed by atoms with E-state index >= 15 is 0 Å². The highest BCUT2D eigenvalue weighted by atomic mass is 19.3. The number of hydrogen-bond donors (Lipinski definition) is 0. The van der Waals surface area contributed by atoms with E-state index in [1.165, 1.54) is 0 Å². The number of ether oxygens (including phenoxy) is 2. The molecule has 9 heteroatoms. The van der Waals surface area contributed by atoms with Gasteiger partial charge in [0.2, 0.25) is 0 Å². The summed E-state index contributed by atoms with van der Waals surface area (Å²) >= 11 is 0. The van der Waals surface area contributed by atoms with Crippen LogP contribution in [0.3, 0.4) is 0 Å². The largest absolute Gasteiger partial charge is 0.357 e. The molecule has 0 bridgehead atoms. The van der Waals surface area contributed by atoms with Crippen molar-refractivity contribution in [1.82, 2.24) is 4.98 Å². The van der Waals surface area contributed by atoms with Gasteiger partial charge in [0.05, 0.1) is 13.2 Å². The number of hydrogen-bond acceptors (Lipinski definition) is 3. The van der Waals surface area contributed by atoms with Gasteiger partial charge < -0.3 is 9.47 Å². The molecule has 2 aromatic rings. The first-order valence-corrected chi connectivity index (χ1v) is 7.09. The van der Waals surface area contributed by atoms with Crippen LogP contribution in [0.15, 0.2) is 36.5 Å². The van der Waals surface area contributed by atoms with Crippen molar-refractivity contribution in [2.75, 3.05) is 6.61 Å². The van der Waals surface area contributed by atoms with E-state index in [-0.39, 0.29) is 5.56 Å². The molecule has 0 spiro atoms. The van der Waals surface area contributed by atoms with E-state index in [0.29, 0.717) is 6.07 Å². The fraction of sp³-hybridized carbons (Fsp3) is 0.312. The summed E-state index contributed by atoms with van der Waals surface area (Å²) in [7, 11) is 0. The molecule has 1 unspecified atom stereocenters. The Hall–Kier alpha value is -2.13. The fourth-order valence-electron chi connectivity index (χ4n) is 2.46. The molecule has 1 atom stereocenters. The zero-order valence-electron chi connectivity index (χ0n) is 12.5. The quantitative estimate of drug-likeness (QED) is 0.572. The average molecular weight is 363 g/mol. The number of aromatic nitrogens is 1. The predicted molar refractivity (Wildman–Crippen MR) is 72.9 cm³/mol. The van der Waals surface area contributed by atoms with Gasteiger partial charge in [-0.2, -0.15) is 17.6 Å². The lowest BCUT2D eigenvalue weighted by molar-refractivity contribution is -0.137. The molecule has 1 aromatic heterocycles. The highest BCUT2D eigenvalue weighted by molar-refractivity contribution is 5.35. The first kappa shape index (κ1) is 17.7. The van der Waals surface area contributed by atoms with Crippen LogP contribution in [-0.2, 0) is 27.6 Å². The maximum atomic E-state index is 14.8. The van der Waals surface area contributed by atoms with Crippen LogP contribution in [0.1, 0.15) is 16.8 Å². The van der Waals surface area contributed by atoms with Crippen molar-refractivity contribution in [3.8, 4) is 0 Å². The number of pyridine rings is 1. The van der Waals surface area contributed by atoms with Gasteiger partial charge >= 0.3 is 12.5 Å². The molecule has 3 rings (SSSR count). The Morgan fingerprint density at radius 2 is 1.92 bits per heavy atom. The van der Waals surface area contributed by atoms with E-state index < -0.39 is 54.2 Å². The smallest absolute Gasteiger partial charge is 0.345 e. The zero-order chi connectivity index (χ0) is 18.2. The third-order valence-corrected chi connectivity index (χ3v) is 3.83. The lowest BCUT2D eigenvalue weighted by Gasteiger charge is -2.24. The zero-order valence-corrected chi connectivity index (χ0v) is 12.5. The van der Waals surface area contributed by atoms with E-state index in [0.717, 1.165) is 30.5 Å². The monoisotopic (exact) mass is 363 g/mol. The van der Waals surface area contributed by atoms with Gasteiger partial charge in [0.1, 0.15) is 17.3 Å². The molecule has 1 aliphatic rings. The van der Waals surface area contributed by atoms with E-state index in [4.69, 9.17) is 4.74 Å². The van der Waals surface area contributed by atoms with Crippen molar-refractivity contribution >= 4 is 0 Å². The number of epoxide rings is 1. The van der Waals surface area contributed by atoms with Crippen LogP contribution in [0.4, 0.5) is 26.3 Å². The van der Waals surface area contributed by atoms with E-state index in [2.05, 4.69) is 9.72 Å². The minimum Gasteiger partial charge on any atom is -0.357 e. The molecular formula is C16H11F6NO2. The molecule has 3 nitrogen and oxygen atoms in total. The molecule has 1 fully saturated rings. The topological polar surface area (TPSA) is 34.6 Å². The minimum absolute atomic E-state index is 0.165. The Morgan fingerprint density at radius 3 is 2.44 bits per heavy atom. The lowest BCUT2D eigenvalue weighted by atomic mass is 9.90.